The van der Waals surface area contributed by atoms with Crippen LogP contribution < -0.4 is 4.74 Å². The third-order valence-corrected chi connectivity index (χ3v) is 2.86. The van der Waals surface area contributed by atoms with Gasteiger partial charge in [-0.3, -0.25) is 0 Å². The number of halogens is 2. The fourth-order valence-electron chi connectivity index (χ4n) is 1.48. The minimum Gasteiger partial charge on any atom is -0.486 e. The third kappa shape index (κ3) is 2.98. The van der Waals surface area contributed by atoms with Crippen LogP contribution in [0.2, 0.25) is 5.02 Å². The number of benzene rings is 2. The topological polar surface area (TPSA) is 9.23 Å². The largest absolute Gasteiger partial charge is 0.486 e. The predicted octanol–water partition coefficient (Wildman–Crippen LogP) is 4.37. The van der Waals surface area contributed by atoms with Gasteiger partial charge in [-0.1, -0.05) is 41.9 Å². The average Bonchev–Trinajstić information content (AvgIpc) is 2.33. The lowest BCUT2D eigenvalue weighted by Gasteiger charge is -2.09. The molecule has 3 heteroatoms. The summed E-state index contributed by atoms with van der Waals surface area (Å²) in [6.07, 6.45) is 0. The van der Waals surface area contributed by atoms with E-state index in [0.717, 1.165) is 11.1 Å². The Hall–Kier alpha value is -1.54. The molecular weight excluding hydrogens is 239 g/mol. The highest BCUT2D eigenvalue weighted by Crippen LogP contribution is 2.25. The Morgan fingerprint density at radius 3 is 2.59 bits per heavy atom. The monoisotopic (exact) mass is 250 g/mol. The number of ether oxygens (including phenoxy) is 1. The van der Waals surface area contributed by atoms with E-state index in [0.29, 0.717) is 11.6 Å². The van der Waals surface area contributed by atoms with Gasteiger partial charge in [0.2, 0.25) is 0 Å². The van der Waals surface area contributed by atoms with Gasteiger partial charge in [-0.05, 0) is 30.2 Å². The summed E-state index contributed by atoms with van der Waals surface area (Å²) in [7, 11) is 0. The molecule has 0 radical (unpaired) electrons. The van der Waals surface area contributed by atoms with Crippen molar-refractivity contribution in [3.63, 3.8) is 0 Å². The Morgan fingerprint density at radius 2 is 1.88 bits per heavy atom. The Balaban J connectivity index is 2.12. The van der Waals surface area contributed by atoms with Crippen molar-refractivity contribution < 1.29 is 9.13 Å². The van der Waals surface area contributed by atoms with E-state index in [-0.39, 0.29) is 5.75 Å². The van der Waals surface area contributed by atoms with E-state index in [2.05, 4.69) is 0 Å². The van der Waals surface area contributed by atoms with Crippen molar-refractivity contribution >= 4 is 11.6 Å². The van der Waals surface area contributed by atoms with Crippen LogP contribution in [0.1, 0.15) is 11.1 Å². The molecule has 2 rings (SSSR count). The van der Waals surface area contributed by atoms with Crippen molar-refractivity contribution in [2.45, 2.75) is 13.5 Å². The number of rotatable bonds is 3. The SMILES string of the molecule is Cc1cc(OCc2ccccc2)c(F)cc1Cl. The first kappa shape index (κ1) is 11.9. The van der Waals surface area contributed by atoms with Crippen LogP contribution in [0, 0.1) is 12.7 Å². The lowest BCUT2D eigenvalue weighted by atomic mass is 10.2. The van der Waals surface area contributed by atoms with E-state index in [1.54, 1.807) is 6.07 Å². The second kappa shape index (κ2) is 5.19. The zero-order valence-corrected chi connectivity index (χ0v) is 10.2. The van der Waals surface area contributed by atoms with Gasteiger partial charge in [0.1, 0.15) is 6.61 Å². The van der Waals surface area contributed by atoms with E-state index >= 15 is 0 Å². The van der Waals surface area contributed by atoms with Gasteiger partial charge in [0.25, 0.3) is 0 Å². The van der Waals surface area contributed by atoms with Crippen LogP contribution in [-0.4, -0.2) is 0 Å². The van der Waals surface area contributed by atoms with Gasteiger partial charge in [-0.15, -0.1) is 0 Å². The number of hydrogen-bond acceptors (Lipinski definition) is 1. The summed E-state index contributed by atoms with van der Waals surface area (Å²) in [4.78, 5) is 0. The Morgan fingerprint density at radius 1 is 1.18 bits per heavy atom. The second-order valence-corrected chi connectivity index (χ2v) is 4.21. The molecule has 0 aromatic heterocycles. The van der Waals surface area contributed by atoms with Crippen molar-refractivity contribution in [3.8, 4) is 5.75 Å². The molecule has 2 aromatic rings. The molecule has 0 spiro atoms. The smallest absolute Gasteiger partial charge is 0.166 e. The number of aryl methyl sites for hydroxylation is 1. The Kier molecular flexibility index (Phi) is 3.64. The standard InChI is InChI=1S/C14H12ClFO/c1-10-7-14(13(16)8-12(10)15)17-9-11-5-3-2-4-6-11/h2-8H,9H2,1H3. The maximum absolute atomic E-state index is 13.5. The maximum atomic E-state index is 13.5. The van der Waals surface area contributed by atoms with Gasteiger partial charge >= 0.3 is 0 Å². The van der Waals surface area contributed by atoms with Gasteiger partial charge in [-0.25, -0.2) is 4.39 Å². The van der Waals surface area contributed by atoms with Crippen molar-refractivity contribution in [2.75, 3.05) is 0 Å². The van der Waals surface area contributed by atoms with Crippen LogP contribution in [0.4, 0.5) is 4.39 Å². The summed E-state index contributed by atoms with van der Waals surface area (Å²) in [5.74, 6) is -0.202. The minimum atomic E-state index is -0.434. The fourth-order valence-corrected chi connectivity index (χ4v) is 1.63. The normalized spacial score (nSPS) is 10.3. The van der Waals surface area contributed by atoms with Crippen molar-refractivity contribution in [1.29, 1.82) is 0 Å². The highest BCUT2D eigenvalue weighted by atomic mass is 35.5. The summed E-state index contributed by atoms with van der Waals surface area (Å²) in [5.41, 5.74) is 1.80. The minimum absolute atomic E-state index is 0.232. The van der Waals surface area contributed by atoms with Crippen molar-refractivity contribution in [1.82, 2.24) is 0 Å². The van der Waals surface area contributed by atoms with E-state index < -0.39 is 5.82 Å². The molecule has 0 aliphatic carbocycles. The summed E-state index contributed by atoms with van der Waals surface area (Å²) in [6, 6.07) is 12.5. The van der Waals surface area contributed by atoms with Crippen LogP contribution in [0.25, 0.3) is 0 Å². The zero-order chi connectivity index (χ0) is 12.3. The van der Waals surface area contributed by atoms with Crippen molar-refractivity contribution in [2.24, 2.45) is 0 Å². The van der Waals surface area contributed by atoms with Crippen LogP contribution in [0.5, 0.6) is 5.75 Å². The molecule has 0 heterocycles. The van der Waals surface area contributed by atoms with Crippen LogP contribution in [0.15, 0.2) is 42.5 Å². The first-order chi connectivity index (χ1) is 8.16. The lowest BCUT2D eigenvalue weighted by molar-refractivity contribution is 0.290. The van der Waals surface area contributed by atoms with Gasteiger partial charge in [0.05, 0.1) is 0 Å². The molecule has 0 amide bonds. The molecule has 0 aliphatic heterocycles. The summed E-state index contributed by atoms with van der Waals surface area (Å²) in [6.45, 7) is 2.16. The van der Waals surface area contributed by atoms with Crippen LogP contribution in [0.3, 0.4) is 0 Å². The molecule has 0 aliphatic rings. The molecule has 0 N–H and O–H groups in total. The average molecular weight is 251 g/mol. The molecule has 1 nitrogen and oxygen atoms in total. The fraction of sp³-hybridized carbons (Fsp3) is 0.143. The first-order valence-electron chi connectivity index (χ1n) is 5.29. The van der Waals surface area contributed by atoms with Crippen LogP contribution in [-0.2, 0) is 6.61 Å². The van der Waals surface area contributed by atoms with Gasteiger partial charge in [-0.2, -0.15) is 0 Å². The zero-order valence-electron chi connectivity index (χ0n) is 9.41. The predicted molar refractivity (Wildman–Crippen MR) is 66.9 cm³/mol. The second-order valence-electron chi connectivity index (χ2n) is 3.81. The summed E-state index contributed by atoms with van der Waals surface area (Å²) < 4.78 is 18.9. The molecule has 88 valence electrons. The lowest BCUT2D eigenvalue weighted by Crippen LogP contribution is -1.97. The van der Waals surface area contributed by atoms with Crippen molar-refractivity contribution in [3.05, 3.63) is 64.4 Å². The highest BCUT2D eigenvalue weighted by Gasteiger charge is 2.07. The summed E-state index contributed by atoms with van der Waals surface area (Å²) >= 11 is 5.81. The van der Waals surface area contributed by atoms with E-state index in [1.165, 1.54) is 6.07 Å². The van der Waals surface area contributed by atoms with E-state index in [4.69, 9.17) is 16.3 Å². The van der Waals surface area contributed by atoms with Gasteiger partial charge in [0.15, 0.2) is 11.6 Å². The molecule has 0 saturated heterocycles. The molecule has 17 heavy (non-hydrogen) atoms. The molecule has 0 unspecified atom stereocenters. The Bertz CT molecular complexity index is 511. The van der Waals surface area contributed by atoms with E-state index in [9.17, 15) is 4.39 Å². The molecule has 2 aromatic carbocycles. The van der Waals surface area contributed by atoms with Gasteiger partial charge < -0.3 is 4.74 Å². The molecule has 0 bridgehead atoms. The van der Waals surface area contributed by atoms with Crippen LogP contribution >= 0.6 is 11.6 Å². The summed E-state index contributed by atoms with van der Waals surface area (Å²) in [5, 5.41) is 0.412. The van der Waals surface area contributed by atoms with Gasteiger partial charge in [0, 0.05) is 5.02 Å². The third-order valence-electron chi connectivity index (χ3n) is 2.45. The number of hydrogen-bond donors (Lipinski definition) is 0. The van der Waals surface area contributed by atoms with E-state index in [1.807, 2.05) is 37.3 Å². The maximum Gasteiger partial charge on any atom is 0.166 e. The Labute approximate surface area is 105 Å². The molecule has 0 saturated carbocycles. The molecule has 0 fully saturated rings. The first-order valence-corrected chi connectivity index (χ1v) is 5.67. The molecular formula is C14H12ClFO. The highest BCUT2D eigenvalue weighted by molar-refractivity contribution is 6.31. The molecule has 0 atom stereocenters. The quantitative estimate of drug-likeness (QED) is 0.786.